The number of hydrogen-bond donors (Lipinski definition) is 3. The average Bonchev–Trinajstić information content (AvgIpc) is 2.68. The van der Waals surface area contributed by atoms with Crippen LogP contribution in [0.4, 0.5) is 4.79 Å². The number of primary amides is 1. The Bertz CT molecular complexity index is 251. The molecule has 1 rings (SSSR count). The molecule has 1 atom stereocenters. The van der Waals surface area contributed by atoms with E-state index >= 15 is 0 Å². The Morgan fingerprint density at radius 1 is 1.56 bits per heavy atom. The molecule has 6 nitrogen and oxygen atoms in total. The van der Waals surface area contributed by atoms with Gasteiger partial charge >= 0.3 is 6.03 Å². The molecular weight excluding hydrogens is 208 g/mol. The Balaban J connectivity index is 2.43. The highest BCUT2D eigenvalue weighted by Gasteiger charge is 2.23. The van der Waals surface area contributed by atoms with Gasteiger partial charge in [-0.1, -0.05) is 6.92 Å². The van der Waals surface area contributed by atoms with E-state index in [2.05, 4.69) is 22.5 Å². The number of carbonyl (C=O) groups excluding carboxylic acids is 2. The fourth-order valence-electron chi connectivity index (χ4n) is 1.99. The van der Waals surface area contributed by atoms with Crippen LogP contribution in [-0.2, 0) is 4.79 Å². The van der Waals surface area contributed by atoms with Gasteiger partial charge in [-0.25, -0.2) is 4.79 Å². The zero-order valence-electron chi connectivity index (χ0n) is 9.66. The number of imide groups is 1. The minimum atomic E-state index is -0.786. The highest BCUT2D eigenvalue weighted by molar-refractivity contribution is 5.94. The minimum Gasteiger partial charge on any atom is -0.351 e. The molecule has 0 aliphatic carbocycles. The maximum atomic E-state index is 11.4. The van der Waals surface area contributed by atoms with Gasteiger partial charge in [0.05, 0.1) is 6.54 Å². The van der Waals surface area contributed by atoms with E-state index in [1.807, 2.05) is 0 Å². The van der Waals surface area contributed by atoms with Gasteiger partial charge in [0.15, 0.2) is 0 Å². The first-order valence-corrected chi connectivity index (χ1v) is 5.67. The minimum absolute atomic E-state index is 0.239. The summed E-state index contributed by atoms with van der Waals surface area (Å²) in [6.45, 7) is 5.06. The Labute approximate surface area is 95.5 Å². The second-order valence-electron chi connectivity index (χ2n) is 4.03. The van der Waals surface area contributed by atoms with Gasteiger partial charge in [0.1, 0.15) is 0 Å². The summed E-state index contributed by atoms with van der Waals surface area (Å²) in [5.41, 5.74) is 4.89. The van der Waals surface area contributed by atoms with Gasteiger partial charge in [0.25, 0.3) is 0 Å². The molecule has 1 fully saturated rings. The number of urea groups is 1. The highest BCUT2D eigenvalue weighted by Crippen LogP contribution is 2.08. The average molecular weight is 228 g/mol. The van der Waals surface area contributed by atoms with Crippen LogP contribution in [-0.4, -0.2) is 49.1 Å². The van der Waals surface area contributed by atoms with Crippen molar-refractivity contribution in [2.75, 3.05) is 26.2 Å². The van der Waals surface area contributed by atoms with Gasteiger partial charge in [-0.2, -0.15) is 0 Å². The Morgan fingerprint density at radius 3 is 2.81 bits per heavy atom. The number of amides is 3. The van der Waals surface area contributed by atoms with Crippen LogP contribution in [0.5, 0.6) is 0 Å². The molecule has 16 heavy (non-hydrogen) atoms. The van der Waals surface area contributed by atoms with E-state index in [0.717, 1.165) is 32.5 Å². The lowest BCUT2D eigenvalue weighted by Gasteiger charge is -2.26. The van der Waals surface area contributed by atoms with Crippen molar-refractivity contribution in [3.05, 3.63) is 0 Å². The SMILES string of the molecule is CCCN(CC(=O)NC(N)=O)C1CCNC1. The molecule has 0 saturated carbocycles. The molecule has 1 unspecified atom stereocenters. The maximum Gasteiger partial charge on any atom is 0.318 e. The fraction of sp³-hybridized carbons (Fsp3) is 0.800. The number of hydrogen-bond acceptors (Lipinski definition) is 4. The number of nitrogens with one attached hydrogen (secondary N) is 2. The summed E-state index contributed by atoms with van der Waals surface area (Å²) in [5.74, 6) is -0.326. The van der Waals surface area contributed by atoms with Crippen molar-refractivity contribution in [2.45, 2.75) is 25.8 Å². The summed E-state index contributed by atoms with van der Waals surface area (Å²) < 4.78 is 0. The predicted octanol–water partition coefficient (Wildman–Crippen LogP) is -0.745. The van der Waals surface area contributed by atoms with Gasteiger partial charge in [0, 0.05) is 12.6 Å². The normalized spacial score (nSPS) is 20.0. The first-order valence-electron chi connectivity index (χ1n) is 5.67. The molecule has 1 aliphatic rings. The van der Waals surface area contributed by atoms with Gasteiger partial charge < -0.3 is 11.1 Å². The highest BCUT2D eigenvalue weighted by atomic mass is 16.2. The van der Waals surface area contributed by atoms with E-state index < -0.39 is 6.03 Å². The molecule has 0 radical (unpaired) electrons. The van der Waals surface area contributed by atoms with E-state index in [1.54, 1.807) is 0 Å². The topological polar surface area (TPSA) is 87.5 Å². The largest absolute Gasteiger partial charge is 0.351 e. The quantitative estimate of drug-likeness (QED) is 0.578. The summed E-state index contributed by atoms with van der Waals surface area (Å²) in [4.78, 5) is 24.0. The second kappa shape index (κ2) is 6.44. The van der Waals surface area contributed by atoms with E-state index in [9.17, 15) is 9.59 Å². The van der Waals surface area contributed by atoms with Crippen LogP contribution in [0, 0.1) is 0 Å². The molecule has 0 aromatic carbocycles. The summed E-state index contributed by atoms with van der Waals surface area (Å²) >= 11 is 0. The third-order valence-electron chi connectivity index (χ3n) is 2.67. The summed E-state index contributed by atoms with van der Waals surface area (Å²) in [7, 11) is 0. The molecule has 0 aromatic heterocycles. The standard InChI is InChI=1S/C10H20N4O2/c1-2-5-14(8-3-4-12-6-8)7-9(15)13-10(11)16/h8,12H,2-7H2,1H3,(H3,11,13,15,16). The van der Waals surface area contributed by atoms with Crippen molar-refractivity contribution in [3.63, 3.8) is 0 Å². The Hall–Kier alpha value is -1.14. The lowest BCUT2D eigenvalue weighted by atomic mass is 10.2. The lowest BCUT2D eigenvalue weighted by Crippen LogP contribution is -2.46. The predicted molar refractivity (Wildman–Crippen MR) is 60.9 cm³/mol. The molecule has 1 saturated heterocycles. The Kier molecular flexibility index (Phi) is 5.21. The van der Waals surface area contributed by atoms with Crippen LogP contribution in [0.2, 0.25) is 0 Å². The van der Waals surface area contributed by atoms with E-state index in [4.69, 9.17) is 5.73 Å². The number of nitrogens with zero attached hydrogens (tertiary/aromatic N) is 1. The molecular formula is C10H20N4O2. The molecule has 6 heteroatoms. The van der Waals surface area contributed by atoms with Crippen LogP contribution >= 0.6 is 0 Å². The van der Waals surface area contributed by atoms with Crippen molar-refractivity contribution in [3.8, 4) is 0 Å². The summed E-state index contributed by atoms with van der Waals surface area (Å²) in [6, 6.07) is -0.399. The van der Waals surface area contributed by atoms with E-state index in [-0.39, 0.29) is 12.5 Å². The molecule has 1 heterocycles. The summed E-state index contributed by atoms with van der Waals surface area (Å²) in [5, 5.41) is 5.35. The fourth-order valence-corrected chi connectivity index (χ4v) is 1.99. The van der Waals surface area contributed by atoms with Gasteiger partial charge in [-0.3, -0.25) is 15.0 Å². The molecule has 4 N–H and O–H groups in total. The van der Waals surface area contributed by atoms with Gasteiger partial charge in [0.2, 0.25) is 5.91 Å². The second-order valence-corrected chi connectivity index (χ2v) is 4.03. The Morgan fingerprint density at radius 2 is 2.31 bits per heavy atom. The molecule has 3 amide bonds. The van der Waals surface area contributed by atoms with E-state index in [0.29, 0.717) is 6.04 Å². The van der Waals surface area contributed by atoms with Crippen LogP contribution in [0.3, 0.4) is 0 Å². The number of rotatable bonds is 5. The smallest absolute Gasteiger partial charge is 0.318 e. The van der Waals surface area contributed by atoms with Crippen molar-refractivity contribution >= 4 is 11.9 Å². The van der Waals surface area contributed by atoms with Crippen LogP contribution in [0.25, 0.3) is 0 Å². The molecule has 0 aromatic rings. The van der Waals surface area contributed by atoms with Crippen molar-refractivity contribution in [1.29, 1.82) is 0 Å². The third-order valence-corrected chi connectivity index (χ3v) is 2.67. The monoisotopic (exact) mass is 228 g/mol. The molecule has 1 aliphatic heterocycles. The summed E-state index contributed by atoms with van der Waals surface area (Å²) in [6.07, 6.45) is 2.03. The molecule has 0 bridgehead atoms. The molecule has 92 valence electrons. The van der Waals surface area contributed by atoms with E-state index in [1.165, 1.54) is 0 Å². The van der Waals surface area contributed by atoms with Crippen LogP contribution < -0.4 is 16.4 Å². The van der Waals surface area contributed by atoms with Crippen molar-refractivity contribution < 1.29 is 9.59 Å². The van der Waals surface area contributed by atoms with Crippen molar-refractivity contribution in [1.82, 2.24) is 15.5 Å². The number of nitrogens with two attached hydrogens (primary N) is 1. The lowest BCUT2D eigenvalue weighted by molar-refractivity contribution is -0.121. The van der Waals surface area contributed by atoms with Crippen molar-refractivity contribution in [2.24, 2.45) is 5.73 Å². The first-order chi connectivity index (χ1) is 7.63. The maximum absolute atomic E-state index is 11.4. The van der Waals surface area contributed by atoms with Crippen LogP contribution in [0.1, 0.15) is 19.8 Å². The third kappa shape index (κ3) is 4.16. The first kappa shape index (κ1) is 12.9. The zero-order valence-corrected chi connectivity index (χ0v) is 9.66. The van der Waals surface area contributed by atoms with Crippen LogP contribution in [0.15, 0.2) is 0 Å². The number of carbonyl (C=O) groups is 2. The molecule has 0 spiro atoms. The van der Waals surface area contributed by atoms with Gasteiger partial charge in [-0.05, 0) is 25.9 Å². The zero-order chi connectivity index (χ0) is 12.0. The van der Waals surface area contributed by atoms with Gasteiger partial charge in [-0.15, -0.1) is 0 Å².